The van der Waals surface area contributed by atoms with Crippen molar-refractivity contribution >= 4 is 16.8 Å². The fourth-order valence-corrected chi connectivity index (χ4v) is 2.77. The molecule has 0 spiro atoms. The van der Waals surface area contributed by atoms with Crippen LogP contribution < -0.4 is 11.1 Å². The second-order valence-electron chi connectivity index (χ2n) is 5.88. The molecule has 124 valence electrons. The molecule has 0 fully saturated rings. The summed E-state index contributed by atoms with van der Waals surface area (Å²) in [5.41, 5.74) is 9.16. The molecule has 0 saturated heterocycles. The van der Waals surface area contributed by atoms with E-state index in [1.807, 2.05) is 24.4 Å². The lowest BCUT2D eigenvalue weighted by Gasteiger charge is -2.12. The topological polar surface area (TPSA) is 91.1 Å². The number of para-hydroxylation sites is 1. The summed E-state index contributed by atoms with van der Waals surface area (Å²) in [5, 5.41) is 13.3. The molecule has 0 bridgehead atoms. The number of amides is 1. The van der Waals surface area contributed by atoms with Crippen molar-refractivity contribution in [1.82, 2.24) is 10.3 Å². The molecule has 0 aliphatic heterocycles. The van der Waals surface area contributed by atoms with Crippen LogP contribution in [0, 0.1) is 0 Å². The Balaban J connectivity index is 1.50. The Morgan fingerprint density at radius 3 is 2.71 bits per heavy atom. The van der Waals surface area contributed by atoms with Gasteiger partial charge in [-0.2, -0.15) is 0 Å². The van der Waals surface area contributed by atoms with E-state index in [9.17, 15) is 9.90 Å². The summed E-state index contributed by atoms with van der Waals surface area (Å²) in [6.45, 7) is 0.546. The molecule has 0 aliphatic rings. The number of carbonyl (C=O) groups is 1. The van der Waals surface area contributed by atoms with Crippen molar-refractivity contribution in [2.24, 2.45) is 5.73 Å². The first-order valence-corrected chi connectivity index (χ1v) is 7.99. The van der Waals surface area contributed by atoms with Gasteiger partial charge in [0.1, 0.15) is 5.75 Å². The highest BCUT2D eigenvalue weighted by molar-refractivity contribution is 5.83. The van der Waals surface area contributed by atoms with Crippen LogP contribution in [-0.4, -0.2) is 28.6 Å². The van der Waals surface area contributed by atoms with E-state index in [1.165, 1.54) is 10.9 Å². The Morgan fingerprint density at radius 2 is 1.92 bits per heavy atom. The molecule has 1 unspecified atom stereocenters. The highest BCUT2D eigenvalue weighted by Gasteiger charge is 2.14. The van der Waals surface area contributed by atoms with Crippen molar-refractivity contribution in [2.75, 3.05) is 6.54 Å². The minimum absolute atomic E-state index is 0.164. The number of carbonyl (C=O) groups excluding carboxylic acids is 1. The molecule has 3 rings (SSSR count). The first-order valence-electron chi connectivity index (χ1n) is 7.99. The number of hydrogen-bond acceptors (Lipinski definition) is 3. The van der Waals surface area contributed by atoms with Crippen molar-refractivity contribution in [3.8, 4) is 5.75 Å². The van der Waals surface area contributed by atoms with Gasteiger partial charge < -0.3 is 21.1 Å². The van der Waals surface area contributed by atoms with E-state index in [2.05, 4.69) is 16.4 Å². The Kier molecular flexibility index (Phi) is 4.82. The molecule has 1 aromatic heterocycles. The van der Waals surface area contributed by atoms with Crippen molar-refractivity contribution in [3.05, 3.63) is 65.9 Å². The van der Waals surface area contributed by atoms with Crippen molar-refractivity contribution < 1.29 is 9.90 Å². The van der Waals surface area contributed by atoms with E-state index in [-0.39, 0.29) is 11.7 Å². The lowest BCUT2D eigenvalue weighted by molar-refractivity contribution is -0.122. The lowest BCUT2D eigenvalue weighted by atomic mass is 10.1. The highest BCUT2D eigenvalue weighted by atomic mass is 16.3. The van der Waals surface area contributed by atoms with Gasteiger partial charge in [0.05, 0.1) is 6.04 Å². The number of rotatable bonds is 6. The number of aromatic nitrogens is 1. The molecule has 1 amide bonds. The van der Waals surface area contributed by atoms with Crippen LogP contribution in [0.25, 0.3) is 10.9 Å². The quantitative estimate of drug-likeness (QED) is 0.560. The number of H-pyrrole nitrogens is 1. The van der Waals surface area contributed by atoms with Crippen molar-refractivity contribution in [3.63, 3.8) is 0 Å². The zero-order chi connectivity index (χ0) is 16.9. The van der Waals surface area contributed by atoms with Crippen LogP contribution in [0.3, 0.4) is 0 Å². The van der Waals surface area contributed by atoms with E-state index in [0.717, 1.165) is 17.5 Å². The summed E-state index contributed by atoms with van der Waals surface area (Å²) in [6.07, 6.45) is 3.17. The molecule has 1 heterocycles. The third-order valence-corrected chi connectivity index (χ3v) is 4.10. The second kappa shape index (κ2) is 7.19. The average Bonchev–Trinajstić information content (AvgIpc) is 3.00. The zero-order valence-electron chi connectivity index (χ0n) is 13.3. The number of nitrogens with one attached hydrogen (secondary N) is 2. The standard InChI is InChI=1S/C19H21N3O2/c20-17(11-13-5-7-15(23)8-6-13)19(24)21-10-9-14-12-22-18-4-2-1-3-16(14)18/h1-8,12,17,22-23H,9-11,20H2,(H,21,24). The smallest absolute Gasteiger partial charge is 0.237 e. The minimum Gasteiger partial charge on any atom is -0.508 e. The molecule has 0 aliphatic carbocycles. The van der Waals surface area contributed by atoms with E-state index in [4.69, 9.17) is 5.73 Å². The molecule has 1 atom stereocenters. The van der Waals surface area contributed by atoms with Gasteiger partial charge in [-0.05, 0) is 42.2 Å². The van der Waals surface area contributed by atoms with Gasteiger partial charge in [0.2, 0.25) is 5.91 Å². The Hall–Kier alpha value is -2.79. The number of nitrogens with two attached hydrogens (primary N) is 1. The van der Waals surface area contributed by atoms with Gasteiger partial charge in [0.25, 0.3) is 0 Å². The van der Waals surface area contributed by atoms with Crippen LogP contribution in [0.2, 0.25) is 0 Å². The molecule has 0 radical (unpaired) electrons. The van der Waals surface area contributed by atoms with Crippen LogP contribution in [0.1, 0.15) is 11.1 Å². The fraction of sp³-hybridized carbons (Fsp3) is 0.211. The Morgan fingerprint density at radius 1 is 1.17 bits per heavy atom. The molecule has 5 N–H and O–H groups in total. The Bertz CT molecular complexity index is 824. The largest absolute Gasteiger partial charge is 0.508 e. The Labute approximate surface area is 140 Å². The number of phenols is 1. The summed E-state index contributed by atoms with van der Waals surface area (Å²) in [4.78, 5) is 15.3. The molecule has 5 nitrogen and oxygen atoms in total. The summed E-state index contributed by atoms with van der Waals surface area (Å²) in [7, 11) is 0. The van der Waals surface area contributed by atoms with Crippen LogP contribution in [-0.2, 0) is 17.6 Å². The van der Waals surface area contributed by atoms with Gasteiger partial charge >= 0.3 is 0 Å². The van der Waals surface area contributed by atoms with Crippen LogP contribution in [0.5, 0.6) is 5.75 Å². The van der Waals surface area contributed by atoms with Gasteiger partial charge in [0.15, 0.2) is 0 Å². The number of aromatic hydroxyl groups is 1. The molecule has 3 aromatic rings. The average molecular weight is 323 g/mol. The number of fused-ring (bicyclic) bond motifs is 1. The first-order chi connectivity index (χ1) is 11.6. The normalized spacial score (nSPS) is 12.2. The second-order valence-corrected chi connectivity index (χ2v) is 5.88. The van der Waals surface area contributed by atoms with Crippen molar-refractivity contribution in [1.29, 1.82) is 0 Å². The van der Waals surface area contributed by atoms with Crippen LogP contribution >= 0.6 is 0 Å². The number of benzene rings is 2. The zero-order valence-corrected chi connectivity index (χ0v) is 13.3. The molecule has 5 heteroatoms. The van der Waals surface area contributed by atoms with E-state index in [0.29, 0.717) is 13.0 Å². The van der Waals surface area contributed by atoms with Crippen LogP contribution in [0.15, 0.2) is 54.7 Å². The molecular weight excluding hydrogens is 302 g/mol. The monoisotopic (exact) mass is 323 g/mol. The highest BCUT2D eigenvalue weighted by Crippen LogP contribution is 2.17. The molecule has 24 heavy (non-hydrogen) atoms. The lowest BCUT2D eigenvalue weighted by Crippen LogP contribution is -2.42. The SMILES string of the molecule is NC(Cc1ccc(O)cc1)C(=O)NCCc1c[nH]c2ccccc12. The minimum atomic E-state index is -0.600. The summed E-state index contributed by atoms with van der Waals surface area (Å²) < 4.78 is 0. The third-order valence-electron chi connectivity index (χ3n) is 4.10. The number of phenolic OH excluding ortho intramolecular Hbond substituents is 1. The van der Waals surface area contributed by atoms with E-state index >= 15 is 0 Å². The number of aromatic amines is 1. The third kappa shape index (κ3) is 3.75. The summed E-state index contributed by atoms with van der Waals surface area (Å²) in [6, 6.07) is 14.2. The van der Waals surface area contributed by atoms with Gasteiger partial charge in [-0.25, -0.2) is 0 Å². The molecular formula is C19H21N3O2. The van der Waals surface area contributed by atoms with E-state index < -0.39 is 6.04 Å². The maximum Gasteiger partial charge on any atom is 0.237 e. The van der Waals surface area contributed by atoms with Crippen LogP contribution in [0.4, 0.5) is 0 Å². The van der Waals surface area contributed by atoms with Gasteiger partial charge in [-0.1, -0.05) is 30.3 Å². The van der Waals surface area contributed by atoms with E-state index in [1.54, 1.807) is 24.3 Å². The van der Waals surface area contributed by atoms with Gasteiger partial charge in [-0.15, -0.1) is 0 Å². The number of hydrogen-bond donors (Lipinski definition) is 4. The predicted molar refractivity (Wildman–Crippen MR) is 94.8 cm³/mol. The van der Waals surface area contributed by atoms with Crippen molar-refractivity contribution in [2.45, 2.75) is 18.9 Å². The first kappa shape index (κ1) is 16.1. The predicted octanol–water partition coefficient (Wildman–Crippen LogP) is 2.10. The maximum absolute atomic E-state index is 12.1. The summed E-state index contributed by atoms with van der Waals surface area (Å²) in [5.74, 6) is 0.0402. The van der Waals surface area contributed by atoms with Gasteiger partial charge in [0, 0.05) is 23.6 Å². The maximum atomic E-state index is 12.1. The molecule has 2 aromatic carbocycles. The fourth-order valence-electron chi connectivity index (χ4n) is 2.77. The van der Waals surface area contributed by atoms with Gasteiger partial charge in [-0.3, -0.25) is 4.79 Å². The summed E-state index contributed by atoms with van der Waals surface area (Å²) >= 11 is 0. The molecule has 0 saturated carbocycles.